The van der Waals surface area contributed by atoms with Gasteiger partial charge in [0.25, 0.3) is 5.91 Å². The Morgan fingerprint density at radius 1 is 1.16 bits per heavy atom. The van der Waals surface area contributed by atoms with E-state index in [1.165, 1.54) is 6.20 Å². The molecule has 9 heteroatoms. The zero-order chi connectivity index (χ0) is 25.6. The number of carbonyl (C=O) groups is 1. The van der Waals surface area contributed by atoms with Crippen molar-refractivity contribution in [2.75, 3.05) is 6.61 Å². The van der Waals surface area contributed by atoms with Crippen molar-refractivity contribution < 1.29 is 18.8 Å². The zero-order valence-electron chi connectivity index (χ0n) is 20.5. The molecule has 0 radical (unpaired) electrons. The number of amides is 1. The van der Waals surface area contributed by atoms with E-state index in [1.807, 2.05) is 48.0 Å². The zero-order valence-corrected chi connectivity index (χ0v) is 20.5. The molecule has 9 nitrogen and oxygen atoms in total. The summed E-state index contributed by atoms with van der Waals surface area (Å²) in [6.07, 6.45) is 7.93. The minimum Gasteiger partial charge on any atom is -0.364 e. The van der Waals surface area contributed by atoms with Crippen LogP contribution in [0.1, 0.15) is 65.4 Å². The number of hydrogen-bond donors (Lipinski definition) is 1. The Balaban J connectivity index is 1.22. The number of carbonyl (C=O) groups excluding carboxylic acids is 1. The largest absolute Gasteiger partial charge is 0.364 e. The van der Waals surface area contributed by atoms with Crippen molar-refractivity contribution in [3.05, 3.63) is 89.4 Å². The molecule has 2 atom stereocenters. The van der Waals surface area contributed by atoms with E-state index in [9.17, 15) is 4.79 Å². The molecule has 1 aliphatic heterocycles. The summed E-state index contributed by atoms with van der Waals surface area (Å²) in [6, 6.07) is 12.9. The van der Waals surface area contributed by atoms with Gasteiger partial charge in [0.1, 0.15) is 23.3 Å². The predicted molar refractivity (Wildman–Crippen MR) is 135 cm³/mol. The molecule has 1 fully saturated rings. The van der Waals surface area contributed by atoms with Gasteiger partial charge in [0.05, 0.1) is 6.54 Å². The lowest BCUT2D eigenvalue weighted by Crippen LogP contribution is -2.24. The van der Waals surface area contributed by atoms with E-state index in [0.29, 0.717) is 17.9 Å². The summed E-state index contributed by atoms with van der Waals surface area (Å²) in [7, 11) is 0. The molecule has 1 aliphatic rings. The van der Waals surface area contributed by atoms with Gasteiger partial charge in [-0.3, -0.25) is 4.79 Å². The Bertz CT molecular complexity index is 1410. The summed E-state index contributed by atoms with van der Waals surface area (Å²) in [5.41, 5.74) is 8.63. The average molecular weight is 498 g/mol. The maximum absolute atomic E-state index is 11.1. The molecule has 0 spiro atoms. The molecule has 1 amide bonds. The third-order valence-corrected chi connectivity index (χ3v) is 6.03. The van der Waals surface area contributed by atoms with Crippen LogP contribution in [0.4, 0.5) is 0 Å². The molecule has 2 unspecified atom stereocenters. The lowest BCUT2D eigenvalue weighted by molar-refractivity contribution is -0.188. The Morgan fingerprint density at radius 2 is 1.97 bits per heavy atom. The van der Waals surface area contributed by atoms with Crippen LogP contribution in [-0.4, -0.2) is 38.5 Å². The first-order valence-corrected chi connectivity index (χ1v) is 12.2. The Labute approximate surface area is 214 Å². The molecule has 2 N–H and O–H groups in total. The number of pyridine rings is 1. The fourth-order valence-electron chi connectivity index (χ4n) is 4.09. The van der Waals surface area contributed by atoms with Crippen LogP contribution < -0.4 is 5.73 Å². The second-order valence-electron chi connectivity index (χ2n) is 8.79. The molecule has 0 bridgehead atoms. The smallest absolute Gasteiger partial charge is 0.267 e. The maximum Gasteiger partial charge on any atom is 0.267 e. The van der Waals surface area contributed by atoms with E-state index in [1.54, 1.807) is 18.3 Å². The molecule has 1 saturated heterocycles. The van der Waals surface area contributed by atoms with Crippen molar-refractivity contribution in [1.29, 1.82) is 0 Å². The van der Waals surface area contributed by atoms with Crippen molar-refractivity contribution >= 4 is 5.91 Å². The highest BCUT2D eigenvalue weighted by Gasteiger charge is 2.21. The topological polar surface area (TPSA) is 118 Å². The minimum atomic E-state index is -0.565. The molecule has 37 heavy (non-hydrogen) atoms. The Hall–Kier alpha value is -4.26. The highest BCUT2D eigenvalue weighted by molar-refractivity contribution is 5.90. The molecule has 0 saturated carbocycles. The standard InChI is InChI=1S/C28H27N5O4/c1-19(36-26-4-2-3-15-35-26)28-30-13-14-33(28)18-23-16-25(37-32-23)22-10-7-20(8-11-22)5-6-21-9-12-24(27(29)34)31-17-21/h7-14,16-17,19,26H,2-4,15,18H2,1H3,(H2,29,34). The normalized spacial score (nSPS) is 16.1. The Kier molecular flexibility index (Phi) is 7.40. The predicted octanol–water partition coefficient (Wildman–Crippen LogP) is 4.08. The number of benzene rings is 1. The van der Waals surface area contributed by atoms with Crippen LogP contribution in [-0.2, 0) is 16.0 Å². The van der Waals surface area contributed by atoms with Crippen LogP contribution in [0.25, 0.3) is 11.3 Å². The van der Waals surface area contributed by atoms with Crippen molar-refractivity contribution in [3.63, 3.8) is 0 Å². The van der Waals surface area contributed by atoms with E-state index in [2.05, 4.69) is 27.0 Å². The van der Waals surface area contributed by atoms with E-state index < -0.39 is 5.91 Å². The highest BCUT2D eigenvalue weighted by atomic mass is 16.7. The molecule has 3 aromatic heterocycles. The molecule has 4 heterocycles. The fraction of sp³-hybridized carbons (Fsp3) is 0.286. The van der Waals surface area contributed by atoms with Gasteiger partial charge in [-0.2, -0.15) is 0 Å². The van der Waals surface area contributed by atoms with Crippen molar-refractivity contribution in [2.45, 2.75) is 45.1 Å². The van der Waals surface area contributed by atoms with E-state index in [4.69, 9.17) is 19.7 Å². The van der Waals surface area contributed by atoms with Gasteiger partial charge in [-0.05, 0) is 62.6 Å². The van der Waals surface area contributed by atoms with Gasteiger partial charge in [0.15, 0.2) is 12.1 Å². The quantitative estimate of drug-likeness (QED) is 0.382. The van der Waals surface area contributed by atoms with Gasteiger partial charge in [0, 0.05) is 48.0 Å². The van der Waals surface area contributed by atoms with Crippen molar-refractivity contribution in [3.8, 4) is 23.2 Å². The molecule has 5 rings (SSSR count). The number of ether oxygens (including phenoxy) is 2. The summed E-state index contributed by atoms with van der Waals surface area (Å²) in [6.45, 7) is 3.25. The Morgan fingerprint density at radius 3 is 2.70 bits per heavy atom. The summed E-state index contributed by atoms with van der Waals surface area (Å²) in [5, 5.41) is 4.24. The first kappa shape index (κ1) is 24.4. The summed E-state index contributed by atoms with van der Waals surface area (Å²) >= 11 is 0. The maximum atomic E-state index is 11.1. The molecule has 4 aromatic rings. The third kappa shape index (κ3) is 6.12. The second-order valence-corrected chi connectivity index (χ2v) is 8.79. The van der Waals surface area contributed by atoms with Gasteiger partial charge in [-0.15, -0.1) is 0 Å². The number of aromatic nitrogens is 4. The third-order valence-electron chi connectivity index (χ3n) is 6.03. The summed E-state index contributed by atoms with van der Waals surface area (Å²) in [4.78, 5) is 19.6. The van der Waals surface area contributed by atoms with E-state index >= 15 is 0 Å². The summed E-state index contributed by atoms with van der Waals surface area (Å²) < 4.78 is 19.4. The number of primary amides is 1. The van der Waals surface area contributed by atoms with Crippen LogP contribution in [0.15, 0.2) is 65.6 Å². The van der Waals surface area contributed by atoms with Crippen LogP contribution in [0.2, 0.25) is 0 Å². The minimum absolute atomic E-state index is 0.181. The van der Waals surface area contributed by atoms with E-state index in [-0.39, 0.29) is 18.1 Å². The molecule has 0 aliphatic carbocycles. The molecule has 1 aromatic carbocycles. The van der Waals surface area contributed by atoms with Crippen LogP contribution in [0.3, 0.4) is 0 Å². The van der Waals surface area contributed by atoms with Crippen LogP contribution >= 0.6 is 0 Å². The number of imidazole rings is 1. The fourth-order valence-corrected chi connectivity index (χ4v) is 4.09. The second kappa shape index (κ2) is 11.2. The van der Waals surface area contributed by atoms with Crippen molar-refractivity contribution in [2.24, 2.45) is 5.73 Å². The lowest BCUT2D eigenvalue weighted by atomic mass is 10.1. The number of rotatable bonds is 7. The first-order valence-electron chi connectivity index (χ1n) is 12.2. The molecular formula is C28H27N5O4. The van der Waals surface area contributed by atoms with Gasteiger partial charge in [-0.25, -0.2) is 9.97 Å². The monoisotopic (exact) mass is 497 g/mol. The average Bonchev–Trinajstić information content (AvgIpc) is 3.59. The highest BCUT2D eigenvalue weighted by Crippen LogP contribution is 2.25. The van der Waals surface area contributed by atoms with Gasteiger partial charge in [-0.1, -0.05) is 17.0 Å². The molecular weight excluding hydrogens is 470 g/mol. The number of nitrogens with zero attached hydrogens (tertiary/aromatic N) is 4. The SMILES string of the molecule is CC(OC1CCCCO1)c1nccn1Cc1cc(-c2ccc(C#Cc3ccc(C(N)=O)nc3)cc2)on1. The van der Waals surface area contributed by atoms with Gasteiger partial charge in [0.2, 0.25) is 0 Å². The van der Waals surface area contributed by atoms with Crippen LogP contribution in [0, 0.1) is 11.8 Å². The summed E-state index contributed by atoms with van der Waals surface area (Å²) in [5.74, 6) is 7.04. The van der Waals surface area contributed by atoms with Gasteiger partial charge >= 0.3 is 0 Å². The number of nitrogens with two attached hydrogens (primary N) is 1. The van der Waals surface area contributed by atoms with Gasteiger partial charge < -0.3 is 24.3 Å². The van der Waals surface area contributed by atoms with Crippen LogP contribution in [0.5, 0.6) is 0 Å². The number of hydrogen-bond acceptors (Lipinski definition) is 7. The molecule has 188 valence electrons. The lowest BCUT2D eigenvalue weighted by Gasteiger charge is -2.26. The van der Waals surface area contributed by atoms with E-state index in [0.717, 1.165) is 48.5 Å². The van der Waals surface area contributed by atoms with Crippen molar-refractivity contribution in [1.82, 2.24) is 19.7 Å². The first-order chi connectivity index (χ1) is 18.0.